The minimum absolute atomic E-state index is 0.282. The monoisotopic (exact) mass is 444 g/mol. The Kier molecular flexibility index (Phi) is 6.32. The van der Waals surface area contributed by atoms with Gasteiger partial charge in [-0.05, 0) is 69.2 Å². The van der Waals surface area contributed by atoms with Crippen molar-refractivity contribution in [2.45, 2.75) is 38.6 Å². The second-order valence-electron chi connectivity index (χ2n) is 7.68. The molecule has 32 heavy (non-hydrogen) atoms. The van der Waals surface area contributed by atoms with Crippen LogP contribution in [0.15, 0.2) is 59.8 Å². The highest BCUT2D eigenvalue weighted by atomic mass is 32.2. The van der Waals surface area contributed by atoms with Crippen LogP contribution in [0.2, 0.25) is 0 Å². The van der Waals surface area contributed by atoms with Crippen LogP contribution in [0.4, 0.5) is 5.69 Å². The molecule has 162 valence electrons. The molecule has 0 aliphatic carbocycles. The van der Waals surface area contributed by atoms with E-state index in [4.69, 9.17) is 0 Å². The Labute approximate surface area is 191 Å². The van der Waals surface area contributed by atoms with E-state index in [0.717, 1.165) is 33.9 Å². The molecule has 0 saturated carbocycles. The van der Waals surface area contributed by atoms with Crippen molar-refractivity contribution < 1.29 is 4.79 Å². The average molecular weight is 445 g/mol. The number of rotatable bonds is 6. The van der Waals surface area contributed by atoms with Crippen molar-refractivity contribution in [3.63, 3.8) is 0 Å². The van der Waals surface area contributed by atoms with Crippen LogP contribution in [0.25, 0.3) is 5.69 Å². The molecule has 0 unspecified atom stereocenters. The lowest BCUT2D eigenvalue weighted by atomic mass is 10.1. The predicted octanol–water partition coefficient (Wildman–Crippen LogP) is 4.84. The van der Waals surface area contributed by atoms with Gasteiger partial charge in [0, 0.05) is 22.8 Å². The van der Waals surface area contributed by atoms with Gasteiger partial charge in [-0.1, -0.05) is 41.2 Å². The first kappa shape index (κ1) is 21.7. The normalized spacial score (nSPS) is 10.9. The molecule has 4 rings (SSSR count). The van der Waals surface area contributed by atoms with E-state index in [9.17, 15) is 4.79 Å². The summed E-state index contributed by atoms with van der Waals surface area (Å²) < 4.78 is 1.70. The quantitative estimate of drug-likeness (QED) is 0.338. The van der Waals surface area contributed by atoms with E-state index in [1.54, 1.807) is 4.68 Å². The van der Waals surface area contributed by atoms with E-state index in [1.807, 2.05) is 76.2 Å². The number of hydrogen-bond donors (Lipinski definition) is 1. The van der Waals surface area contributed by atoms with Crippen molar-refractivity contribution in [2.24, 2.45) is 0 Å². The summed E-state index contributed by atoms with van der Waals surface area (Å²) in [5, 5.41) is 12.1. The molecule has 1 amide bonds. The fourth-order valence-corrected chi connectivity index (χ4v) is 4.45. The van der Waals surface area contributed by atoms with Gasteiger partial charge >= 0.3 is 0 Å². The van der Waals surface area contributed by atoms with Gasteiger partial charge in [-0.15, -0.1) is 5.10 Å². The summed E-state index contributed by atoms with van der Waals surface area (Å²) in [5.41, 5.74) is 6.51. The predicted molar refractivity (Wildman–Crippen MR) is 126 cm³/mol. The average Bonchev–Trinajstić information content (AvgIpc) is 3.15. The first-order valence-corrected chi connectivity index (χ1v) is 11.2. The maximum absolute atomic E-state index is 13.2. The number of nitrogens with one attached hydrogen (secondary N) is 1. The van der Waals surface area contributed by atoms with E-state index >= 15 is 0 Å². The van der Waals surface area contributed by atoms with Crippen molar-refractivity contribution in [3.05, 3.63) is 88.5 Å². The first-order chi connectivity index (χ1) is 15.4. The highest BCUT2D eigenvalue weighted by Gasteiger charge is 2.22. The number of carbonyl (C=O) groups excluding carboxylic acids is 1. The highest BCUT2D eigenvalue weighted by Crippen LogP contribution is 2.24. The third-order valence-corrected chi connectivity index (χ3v) is 5.62. The second-order valence-corrected chi connectivity index (χ2v) is 8.63. The first-order valence-electron chi connectivity index (χ1n) is 10.2. The minimum Gasteiger partial charge on any atom is -0.321 e. The number of thioether (sulfide) groups is 1. The number of para-hydroxylation sites is 1. The molecule has 4 aromatic rings. The Morgan fingerprint density at radius 2 is 1.59 bits per heavy atom. The summed E-state index contributed by atoms with van der Waals surface area (Å²) in [6.45, 7) is 7.88. The topological polar surface area (TPSA) is 85.6 Å². The molecule has 0 aliphatic rings. The van der Waals surface area contributed by atoms with Crippen molar-refractivity contribution >= 4 is 23.4 Å². The van der Waals surface area contributed by atoms with Crippen LogP contribution in [0.5, 0.6) is 0 Å². The van der Waals surface area contributed by atoms with Crippen LogP contribution in [-0.4, -0.2) is 30.9 Å². The summed E-state index contributed by atoms with van der Waals surface area (Å²) in [7, 11) is 0. The molecule has 7 nitrogen and oxygen atoms in total. The Hall–Kier alpha value is -3.52. The van der Waals surface area contributed by atoms with Gasteiger partial charge in [-0.2, -0.15) is 0 Å². The third kappa shape index (κ3) is 5.03. The van der Waals surface area contributed by atoms with Crippen LogP contribution in [-0.2, 0) is 5.75 Å². The van der Waals surface area contributed by atoms with Crippen molar-refractivity contribution in [3.8, 4) is 5.69 Å². The van der Waals surface area contributed by atoms with Crippen LogP contribution >= 0.6 is 11.8 Å². The van der Waals surface area contributed by atoms with E-state index in [1.165, 1.54) is 11.8 Å². The molecule has 2 heterocycles. The fourth-order valence-electron chi connectivity index (χ4n) is 3.51. The second kappa shape index (κ2) is 9.32. The molecule has 0 atom stereocenters. The molecule has 2 aromatic carbocycles. The smallest absolute Gasteiger partial charge is 0.278 e. The van der Waals surface area contributed by atoms with Gasteiger partial charge in [0.25, 0.3) is 5.91 Å². The van der Waals surface area contributed by atoms with Crippen molar-refractivity contribution in [2.75, 3.05) is 5.32 Å². The summed E-state index contributed by atoms with van der Waals surface area (Å²) in [6.07, 6.45) is 0. The molecule has 0 fully saturated rings. The zero-order valence-electron chi connectivity index (χ0n) is 18.5. The van der Waals surface area contributed by atoms with Gasteiger partial charge in [0.1, 0.15) is 0 Å². The zero-order chi connectivity index (χ0) is 22.7. The van der Waals surface area contributed by atoms with Gasteiger partial charge in [0.05, 0.1) is 11.4 Å². The standard InChI is InChI=1S/C24H24N6OS/c1-15-10-16(2)12-19(11-15)27-23(31)22-21(14-32-24-25-17(3)13-18(4)26-24)30(29-28-22)20-8-6-5-7-9-20/h5-13H,14H2,1-4H3,(H,27,31). The Balaban J connectivity index is 1.67. The fraction of sp³-hybridized carbons (Fsp3) is 0.208. The molecular weight excluding hydrogens is 420 g/mol. The number of carbonyl (C=O) groups is 1. The maximum atomic E-state index is 13.2. The number of aryl methyl sites for hydroxylation is 4. The van der Waals surface area contributed by atoms with Gasteiger partial charge in [-0.3, -0.25) is 4.79 Å². The molecule has 0 spiro atoms. The molecule has 1 N–H and O–H groups in total. The minimum atomic E-state index is -0.297. The highest BCUT2D eigenvalue weighted by molar-refractivity contribution is 7.98. The number of nitrogens with zero attached hydrogens (tertiary/aromatic N) is 5. The molecular formula is C24H24N6OS. The molecule has 0 bridgehead atoms. The van der Waals surface area contributed by atoms with Crippen LogP contribution < -0.4 is 5.32 Å². The lowest BCUT2D eigenvalue weighted by molar-refractivity contribution is 0.102. The molecule has 2 aromatic heterocycles. The van der Waals surface area contributed by atoms with Gasteiger partial charge in [0.15, 0.2) is 10.9 Å². The zero-order valence-corrected chi connectivity index (χ0v) is 19.3. The summed E-state index contributed by atoms with van der Waals surface area (Å²) in [4.78, 5) is 22.2. The lowest BCUT2D eigenvalue weighted by Crippen LogP contribution is -2.15. The molecule has 8 heteroatoms. The number of anilines is 1. The molecule has 0 aliphatic heterocycles. The summed E-state index contributed by atoms with van der Waals surface area (Å²) in [5.74, 6) is 0.148. The van der Waals surface area contributed by atoms with Gasteiger partial charge in [0.2, 0.25) is 0 Å². The van der Waals surface area contributed by atoms with E-state index < -0.39 is 0 Å². The maximum Gasteiger partial charge on any atom is 0.278 e. The number of hydrogen-bond acceptors (Lipinski definition) is 6. The van der Waals surface area contributed by atoms with Gasteiger partial charge in [-0.25, -0.2) is 14.6 Å². The van der Waals surface area contributed by atoms with Crippen LogP contribution in [0, 0.1) is 27.7 Å². The summed E-state index contributed by atoms with van der Waals surface area (Å²) >= 11 is 1.46. The largest absolute Gasteiger partial charge is 0.321 e. The Morgan fingerprint density at radius 3 is 2.25 bits per heavy atom. The Bertz CT molecular complexity index is 1230. The van der Waals surface area contributed by atoms with Crippen LogP contribution in [0.1, 0.15) is 38.7 Å². The number of amides is 1. The van der Waals surface area contributed by atoms with Crippen molar-refractivity contribution in [1.82, 2.24) is 25.0 Å². The number of benzene rings is 2. The lowest BCUT2D eigenvalue weighted by Gasteiger charge is -2.10. The van der Waals surface area contributed by atoms with Gasteiger partial charge < -0.3 is 5.32 Å². The van der Waals surface area contributed by atoms with E-state index in [2.05, 4.69) is 31.7 Å². The van der Waals surface area contributed by atoms with E-state index in [-0.39, 0.29) is 11.6 Å². The van der Waals surface area contributed by atoms with Crippen LogP contribution in [0.3, 0.4) is 0 Å². The SMILES string of the molecule is Cc1cc(C)cc(NC(=O)c2nnn(-c3ccccc3)c2CSc2nc(C)cc(C)n2)c1. The van der Waals surface area contributed by atoms with E-state index in [0.29, 0.717) is 16.6 Å². The molecule has 0 saturated heterocycles. The molecule has 0 radical (unpaired) electrons. The third-order valence-electron chi connectivity index (χ3n) is 4.76. The number of aromatic nitrogens is 5. The summed E-state index contributed by atoms with van der Waals surface area (Å²) in [6, 6.07) is 17.5. The van der Waals surface area contributed by atoms with Crippen molar-refractivity contribution in [1.29, 1.82) is 0 Å². The Morgan fingerprint density at radius 1 is 0.938 bits per heavy atom.